The molecule has 3 aromatic rings. The molecule has 9 nitrogen and oxygen atoms in total. The van der Waals surface area contributed by atoms with E-state index in [9.17, 15) is 23.6 Å². The van der Waals surface area contributed by atoms with Gasteiger partial charge in [0.1, 0.15) is 11.5 Å². The van der Waals surface area contributed by atoms with Crippen LogP contribution in [0.1, 0.15) is 20.7 Å². The smallest absolute Gasteiger partial charge is 0.280 e. The molecule has 0 aliphatic heterocycles. The maximum atomic E-state index is 13.6. The summed E-state index contributed by atoms with van der Waals surface area (Å²) in [5, 5.41) is 0.0627. The third kappa shape index (κ3) is 3.19. The van der Waals surface area contributed by atoms with Gasteiger partial charge in [0.25, 0.3) is 17.4 Å². The monoisotopic (exact) mass is 371 g/mol. The maximum Gasteiger partial charge on any atom is 0.332 e. The molecule has 0 aliphatic carbocycles. The highest BCUT2D eigenvalue weighted by Gasteiger charge is 2.15. The molecule has 3 rings (SSSR count). The lowest BCUT2D eigenvalue weighted by Gasteiger charge is -2.10. The minimum absolute atomic E-state index is 0.0212. The van der Waals surface area contributed by atoms with Gasteiger partial charge in [0.2, 0.25) is 0 Å². The van der Waals surface area contributed by atoms with Gasteiger partial charge in [-0.2, -0.15) is 0 Å². The van der Waals surface area contributed by atoms with Crippen LogP contribution < -0.4 is 22.1 Å². The first-order valence-corrected chi connectivity index (χ1v) is 7.72. The molecule has 0 fully saturated rings. The Morgan fingerprint density at radius 1 is 1.04 bits per heavy atom. The minimum Gasteiger partial charge on any atom is -0.280 e. The average molecular weight is 371 g/mol. The van der Waals surface area contributed by atoms with Gasteiger partial charge in [0.15, 0.2) is 0 Å². The van der Waals surface area contributed by atoms with Gasteiger partial charge in [-0.1, -0.05) is 12.1 Å². The van der Waals surface area contributed by atoms with Crippen LogP contribution in [0, 0.1) is 5.82 Å². The molecule has 0 unspecified atom stereocenters. The molecule has 138 valence electrons. The maximum absolute atomic E-state index is 13.6. The number of hydrogen-bond donors (Lipinski definition) is 2. The van der Waals surface area contributed by atoms with E-state index in [2.05, 4.69) is 15.8 Å². The normalized spacial score (nSPS) is 10.6. The number of hydrogen-bond acceptors (Lipinski definition) is 5. The van der Waals surface area contributed by atoms with Crippen LogP contribution in [0.3, 0.4) is 0 Å². The van der Waals surface area contributed by atoms with Crippen LogP contribution in [0.15, 0.2) is 46.1 Å². The molecule has 0 aliphatic rings. The van der Waals surface area contributed by atoms with Gasteiger partial charge >= 0.3 is 5.69 Å². The first-order valence-electron chi connectivity index (χ1n) is 7.72. The van der Waals surface area contributed by atoms with E-state index in [-0.39, 0.29) is 22.2 Å². The summed E-state index contributed by atoms with van der Waals surface area (Å²) in [5.74, 6) is -2.33. The zero-order chi connectivity index (χ0) is 19.7. The van der Waals surface area contributed by atoms with Gasteiger partial charge < -0.3 is 0 Å². The molecular formula is C17H14FN5O4. The van der Waals surface area contributed by atoms with E-state index in [4.69, 9.17) is 0 Å². The highest BCUT2D eigenvalue weighted by atomic mass is 19.1. The third-order valence-electron chi connectivity index (χ3n) is 3.96. The zero-order valence-electron chi connectivity index (χ0n) is 14.3. The molecule has 27 heavy (non-hydrogen) atoms. The molecule has 2 heterocycles. The lowest BCUT2D eigenvalue weighted by molar-refractivity contribution is 0.0844. The lowest BCUT2D eigenvalue weighted by atomic mass is 10.2. The Balaban J connectivity index is 1.86. The SMILES string of the molecule is Cn1c(=O)c2cc(C(=O)NNC(=O)c3ccccc3F)cnc2n(C)c1=O. The van der Waals surface area contributed by atoms with Crippen LogP contribution in [0.4, 0.5) is 4.39 Å². The van der Waals surface area contributed by atoms with Crippen molar-refractivity contribution in [3.8, 4) is 0 Å². The molecular weight excluding hydrogens is 357 g/mol. The van der Waals surface area contributed by atoms with Crippen molar-refractivity contribution in [2.75, 3.05) is 0 Å². The molecule has 10 heteroatoms. The van der Waals surface area contributed by atoms with Gasteiger partial charge in [-0.05, 0) is 18.2 Å². The Bertz CT molecular complexity index is 1200. The van der Waals surface area contributed by atoms with Crippen molar-refractivity contribution in [1.29, 1.82) is 0 Å². The van der Waals surface area contributed by atoms with Crippen molar-refractivity contribution in [2.24, 2.45) is 14.1 Å². The van der Waals surface area contributed by atoms with Crippen LogP contribution in [0.2, 0.25) is 0 Å². The molecule has 2 aromatic heterocycles. The minimum atomic E-state index is -0.839. The molecule has 2 N–H and O–H groups in total. The predicted molar refractivity (Wildman–Crippen MR) is 93.6 cm³/mol. The van der Waals surface area contributed by atoms with E-state index in [0.29, 0.717) is 0 Å². The van der Waals surface area contributed by atoms with E-state index < -0.39 is 28.9 Å². The number of aryl methyl sites for hydroxylation is 1. The molecule has 1 aromatic carbocycles. The highest BCUT2D eigenvalue weighted by Crippen LogP contribution is 2.08. The first kappa shape index (κ1) is 18.0. The second-order valence-electron chi connectivity index (χ2n) is 5.69. The number of benzene rings is 1. The number of hydrazine groups is 1. The van der Waals surface area contributed by atoms with Crippen molar-refractivity contribution in [3.63, 3.8) is 0 Å². The number of pyridine rings is 1. The fraction of sp³-hybridized carbons (Fsp3) is 0.118. The Kier molecular flexibility index (Phi) is 4.55. The van der Waals surface area contributed by atoms with Crippen LogP contribution >= 0.6 is 0 Å². The Labute approximate surface area is 151 Å². The van der Waals surface area contributed by atoms with E-state index in [1.807, 2.05) is 0 Å². The van der Waals surface area contributed by atoms with Crippen molar-refractivity contribution < 1.29 is 14.0 Å². The second-order valence-corrected chi connectivity index (χ2v) is 5.69. The first-order chi connectivity index (χ1) is 12.8. The number of nitrogens with zero attached hydrogens (tertiary/aromatic N) is 3. The number of carbonyl (C=O) groups is 2. The van der Waals surface area contributed by atoms with E-state index in [1.54, 1.807) is 0 Å². The van der Waals surface area contributed by atoms with Crippen LogP contribution in [-0.2, 0) is 14.1 Å². The van der Waals surface area contributed by atoms with Gasteiger partial charge in [0.05, 0.1) is 16.5 Å². The quantitative estimate of drug-likeness (QED) is 0.608. The highest BCUT2D eigenvalue weighted by molar-refractivity contribution is 6.00. The topological polar surface area (TPSA) is 115 Å². The molecule has 2 amide bonds. The summed E-state index contributed by atoms with van der Waals surface area (Å²) in [6.45, 7) is 0. The van der Waals surface area contributed by atoms with Crippen molar-refractivity contribution in [1.82, 2.24) is 25.0 Å². The zero-order valence-corrected chi connectivity index (χ0v) is 14.3. The predicted octanol–water partition coefficient (Wildman–Crippen LogP) is -0.154. The number of carbonyl (C=O) groups excluding carboxylic acids is 2. The summed E-state index contributed by atoms with van der Waals surface area (Å²) in [6.07, 6.45) is 1.16. The van der Waals surface area contributed by atoms with Crippen molar-refractivity contribution in [2.45, 2.75) is 0 Å². The summed E-state index contributed by atoms with van der Waals surface area (Å²) in [6, 6.07) is 6.55. The van der Waals surface area contributed by atoms with E-state index in [0.717, 1.165) is 16.8 Å². The van der Waals surface area contributed by atoms with Gasteiger partial charge in [-0.3, -0.25) is 34.4 Å². The summed E-state index contributed by atoms with van der Waals surface area (Å²) < 4.78 is 15.6. The average Bonchev–Trinajstić information content (AvgIpc) is 2.68. The number of nitrogens with one attached hydrogen (secondary N) is 2. The fourth-order valence-electron chi connectivity index (χ4n) is 2.49. The molecule has 0 saturated heterocycles. The standard InChI is InChI=1S/C17H14FN5O4/c1-22-13-11(16(26)23(2)17(22)27)7-9(8-19-13)14(24)20-21-15(25)10-5-3-4-6-12(10)18/h3-8H,1-2H3,(H,20,24)(H,21,25). The molecule has 0 radical (unpaired) electrons. The summed E-state index contributed by atoms with van der Waals surface area (Å²) >= 11 is 0. The number of aromatic nitrogens is 3. The lowest BCUT2D eigenvalue weighted by Crippen LogP contribution is -2.42. The van der Waals surface area contributed by atoms with Gasteiger partial charge in [-0.25, -0.2) is 14.2 Å². The van der Waals surface area contributed by atoms with E-state index >= 15 is 0 Å². The third-order valence-corrected chi connectivity index (χ3v) is 3.96. The number of fused-ring (bicyclic) bond motifs is 1. The number of rotatable bonds is 2. The van der Waals surface area contributed by atoms with Gasteiger partial charge in [-0.15, -0.1) is 0 Å². The Hall–Kier alpha value is -3.82. The molecule has 0 saturated carbocycles. The van der Waals surface area contributed by atoms with Crippen molar-refractivity contribution >= 4 is 22.8 Å². The molecule has 0 atom stereocenters. The second kappa shape index (κ2) is 6.83. The van der Waals surface area contributed by atoms with E-state index in [1.165, 1.54) is 42.9 Å². The van der Waals surface area contributed by atoms with Crippen LogP contribution in [0.25, 0.3) is 11.0 Å². The fourth-order valence-corrected chi connectivity index (χ4v) is 2.49. The summed E-state index contributed by atoms with van der Waals surface area (Å²) in [7, 11) is 2.76. The van der Waals surface area contributed by atoms with Gasteiger partial charge in [0, 0.05) is 20.3 Å². The Morgan fingerprint density at radius 2 is 1.70 bits per heavy atom. The van der Waals surface area contributed by atoms with Crippen LogP contribution in [0.5, 0.6) is 0 Å². The number of amides is 2. The Morgan fingerprint density at radius 3 is 2.41 bits per heavy atom. The summed E-state index contributed by atoms with van der Waals surface area (Å²) in [4.78, 5) is 52.2. The molecule has 0 bridgehead atoms. The van der Waals surface area contributed by atoms with Crippen LogP contribution in [-0.4, -0.2) is 25.9 Å². The largest absolute Gasteiger partial charge is 0.332 e. The van der Waals surface area contributed by atoms with Crippen molar-refractivity contribution in [3.05, 3.63) is 74.3 Å². The summed E-state index contributed by atoms with van der Waals surface area (Å²) in [5.41, 5.74) is 2.92. The number of halogens is 1. The molecule has 0 spiro atoms.